The van der Waals surface area contributed by atoms with Crippen LogP contribution in [-0.2, 0) is 11.3 Å². The molecule has 0 saturated heterocycles. The summed E-state index contributed by atoms with van der Waals surface area (Å²) in [5.41, 5.74) is 1.67. The second-order valence-electron chi connectivity index (χ2n) is 5.30. The Morgan fingerprint density at radius 3 is 2.35 bits per heavy atom. The fraction of sp³-hybridized carbons (Fsp3) is 0.211. The number of amides is 2. The molecule has 0 heterocycles. The lowest BCUT2D eigenvalue weighted by atomic mass is 10.1. The average molecular weight is 353 g/mol. The summed E-state index contributed by atoms with van der Waals surface area (Å²) in [5, 5.41) is 14.0. The van der Waals surface area contributed by atoms with Gasteiger partial charge < -0.3 is 20.1 Å². The first-order valence-corrected chi connectivity index (χ1v) is 7.84. The Balaban J connectivity index is 2.09. The zero-order chi connectivity index (χ0) is 18.9. The molecule has 0 aliphatic rings. The molecule has 2 rings (SSSR count). The minimum absolute atomic E-state index is 0.214. The lowest BCUT2D eigenvalue weighted by molar-refractivity contribution is -0.115. The van der Waals surface area contributed by atoms with E-state index in [0.717, 1.165) is 5.56 Å². The van der Waals surface area contributed by atoms with E-state index in [4.69, 9.17) is 14.7 Å². The molecule has 0 atom stereocenters. The maximum Gasteiger partial charge on any atom is 0.259 e. The molecule has 26 heavy (non-hydrogen) atoms. The van der Waals surface area contributed by atoms with E-state index in [-0.39, 0.29) is 24.8 Å². The molecule has 0 aromatic heterocycles. The Hall–Kier alpha value is -3.53. The molecule has 134 valence electrons. The number of carbonyl (C=O) groups excluding carboxylic acids is 2. The van der Waals surface area contributed by atoms with E-state index in [1.165, 1.54) is 14.2 Å². The van der Waals surface area contributed by atoms with Gasteiger partial charge in [-0.2, -0.15) is 5.26 Å². The summed E-state index contributed by atoms with van der Waals surface area (Å²) in [5.74, 6) is 0.115. The Morgan fingerprint density at radius 1 is 1.08 bits per heavy atom. The molecule has 2 aromatic carbocycles. The normalized spacial score (nSPS) is 9.73. The van der Waals surface area contributed by atoms with Crippen LogP contribution in [0.4, 0.5) is 5.69 Å². The zero-order valence-corrected chi connectivity index (χ0v) is 14.5. The summed E-state index contributed by atoms with van der Waals surface area (Å²) in [6, 6.07) is 13.9. The van der Waals surface area contributed by atoms with E-state index in [1.54, 1.807) is 42.5 Å². The monoisotopic (exact) mass is 353 g/mol. The first kappa shape index (κ1) is 18.8. The van der Waals surface area contributed by atoms with Crippen molar-refractivity contribution in [3.8, 4) is 17.6 Å². The minimum Gasteiger partial charge on any atom is -0.496 e. The smallest absolute Gasteiger partial charge is 0.259 e. The molecule has 0 radical (unpaired) electrons. The molecule has 0 aliphatic heterocycles. The highest BCUT2D eigenvalue weighted by Gasteiger charge is 2.17. The largest absolute Gasteiger partial charge is 0.496 e. The molecule has 0 unspecified atom stereocenters. The number of hydrogen-bond acceptors (Lipinski definition) is 5. The molecular formula is C19H19N3O4. The SMILES string of the molecule is COc1cccc(OC)c1C(=O)NCc1cccc(NC(=O)CC#N)c1. The number of nitrogens with zero attached hydrogens (tertiary/aromatic N) is 1. The zero-order valence-electron chi connectivity index (χ0n) is 14.5. The van der Waals surface area contributed by atoms with Gasteiger partial charge in [0.2, 0.25) is 5.91 Å². The third-order valence-corrected chi connectivity index (χ3v) is 3.56. The number of carbonyl (C=O) groups is 2. The van der Waals surface area contributed by atoms with Crippen molar-refractivity contribution in [2.75, 3.05) is 19.5 Å². The van der Waals surface area contributed by atoms with E-state index in [1.807, 2.05) is 6.07 Å². The van der Waals surface area contributed by atoms with E-state index in [2.05, 4.69) is 10.6 Å². The van der Waals surface area contributed by atoms with Gasteiger partial charge in [-0.15, -0.1) is 0 Å². The van der Waals surface area contributed by atoms with Gasteiger partial charge in [-0.1, -0.05) is 18.2 Å². The standard InChI is InChI=1S/C19H19N3O4/c1-25-15-7-4-8-16(26-2)18(15)19(24)21-12-13-5-3-6-14(11-13)22-17(23)9-10-20/h3-8,11H,9,12H2,1-2H3,(H,21,24)(H,22,23). The van der Waals surface area contributed by atoms with Gasteiger partial charge in [0.05, 0.1) is 20.3 Å². The summed E-state index contributed by atoms with van der Waals surface area (Å²) >= 11 is 0. The van der Waals surface area contributed by atoms with Gasteiger partial charge in [-0.05, 0) is 29.8 Å². The van der Waals surface area contributed by atoms with Crippen molar-refractivity contribution in [2.24, 2.45) is 0 Å². The molecule has 0 spiro atoms. The lowest BCUT2D eigenvalue weighted by Crippen LogP contribution is -2.24. The highest BCUT2D eigenvalue weighted by molar-refractivity contribution is 5.99. The van der Waals surface area contributed by atoms with Crippen LogP contribution >= 0.6 is 0 Å². The van der Waals surface area contributed by atoms with Crippen LogP contribution in [0, 0.1) is 11.3 Å². The van der Waals surface area contributed by atoms with Crippen molar-refractivity contribution in [2.45, 2.75) is 13.0 Å². The number of rotatable bonds is 7. The van der Waals surface area contributed by atoms with Gasteiger partial charge in [-0.3, -0.25) is 9.59 Å². The first-order chi connectivity index (χ1) is 12.6. The number of nitriles is 1. The van der Waals surface area contributed by atoms with Crippen LogP contribution in [0.5, 0.6) is 11.5 Å². The van der Waals surface area contributed by atoms with Crippen LogP contribution in [0.25, 0.3) is 0 Å². The van der Waals surface area contributed by atoms with Gasteiger partial charge in [-0.25, -0.2) is 0 Å². The van der Waals surface area contributed by atoms with Crippen LogP contribution in [0.1, 0.15) is 22.3 Å². The van der Waals surface area contributed by atoms with Crippen LogP contribution < -0.4 is 20.1 Å². The molecule has 7 nitrogen and oxygen atoms in total. The Labute approximate surface area is 151 Å². The van der Waals surface area contributed by atoms with Gasteiger partial charge in [0.1, 0.15) is 23.5 Å². The van der Waals surface area contributed by atoms with Gasteiger partial charge in [0.25, 0.3) is 5.91 Å². The van der Waals surface area contributed by atoms with Gasteiger partial charge >= 0.3 is 0 Å². The molecule has 2 N–H and O–H groups in total. The van der Waals surface area contributed by atoms with E-state index >= 15 is 0 Å². The lowest BCUT2D eigenvalue weighted by Gasteiger charge is -2.13. The molecule has 0 bridgehead atoms. The molecule has 7 heteroatoms. The fourth-order valence-corrected chi connectivity index (χ4v) is 2.38. The van der Waals surface area contributed by atoms with Crippen molar-refractivity contribution in [1.29, 1.82) is 5.26 Å². The highest BCUT2D eigenvalue weighted by Crippen LogP contribution is 2.28. The minimum atomic E-state index is -0.382. The number of hydrogen-bond donors (Lipinski definition) is 2. The van der Waals surface area contributed by atoms with Crippen LogP contribution in [0.3, 0.4) is 0 Å². The Morgan fingerprint density at radius 2 is 1.73 bits per heavy atom. The van der Waals surface area contributed by atoms with Crippen LogP contribution in [0.2, 0.25) is 0 Å². The number of benzene rings is 2. The Bertz CT molecular complexity index is 821. The maximum absolute atomic E-state index is 12.5. The average Bonchev–Trinajstić information content (AvgIpc) is 2.65. The second kappa shape index (κ2) is 9.08. The number of anilines is 1. The molecular weight excluding hydrogens is 334 g/mol. The summed E-state index contributed by atoms with van der Waals surface area (Å²) in [6.45, 7) is 0.252. The van der Waals surface area contributed by atoms with Crippen molar-refractivity contribution in [3.63, 3.8) is 0 Å². The Kier molecular flexibility index (Phi) is 6.57. The van der Waals surface area contributed by atoms with Crippen LogP contribution in [0.15, 0.2) is 42.5 Å². The molecule has 0 saturated carbocycles. The van der Waals surface area contributed by atoms with E-state index in [9.17, 15) is 9.59 Å². The summed E-state index contributed by atoms with van der Waals surface area (Å²) in [6.07, 6.45) is -0.214. The molecule has 2 amide bonds. The third-order valence-electron chi connectivity index (χ3n) is 3.56. The topological polar surface area (TPSA) is 100 Å². The maximum atomic E-state index is 12.5. The highest BCUT2D eigenvalue weighted by atomic mass is 16.5. The molecule has 0 aliphatic carbocycles. The van der Waals surface area contributed by atoms with Gasteiger partial charge in [0, 0.05) is 12.2 Å². The quantitative estimate of drug-likeness (QED) is 0.796. The van der Waals surface area contributed by atoms with E-state index < -0.39 is 0 Å². The van der Waals surface area contributed by atoms with Crippen molar-refractivity contribution in [3.05, 3.63) is 53.6 Å². The number of nitrogens with one attached hydrogen (secondary N) is 2. The summed E-state index contributed by atoms with van der Waals surface area (Å²) in [4.78, 5) is 24.0. The molecule has 2 aromatic rings. The van der Waals surface area contributed by atoms with Crippen molar-refractivity contribution < 1.29 is 19.1 Å². The summed E-state index contributed by atoms with van der Waals surface area (Å²) in [7, 11) is 2.97. The van der Waals surface area contributed by atoms with Crippen molar-refractivity contribution in [1.82, 2.24) is 5.32 Å². The second-order valence-corrected chi connectivity index (χ2v) is 5.30. The third kappa shape index (κ3) is 4.74. The van der Waals surface area contributed by atoms with Crippen LogP contribution in [-0.4, -0.2) is 26.0 Å². The first-order valence-electron chi connectivity index (χ1n) is 7.84. The predicted octanol–water partition coefficient (Wildman–Crippen LogP) is 2.49. The predicted molar refractivity (Wildman–Crippen MR) is 96.0 cm³/mol. The summed E-state index contributed by atoms with van der Waals surface area (Å²) < 4.78 is 10.5. The number of ether oxygens (including phenoxy) is 2. The molecule has 0 fully saturated rings. The fourth-order valence-electron chi connectivity index (χ4n) is 2.38. The van der Waals surface area contributed by atoms with E-state index in [0.29, 0.717) is 22.7 Å². The number of methoxy groups -OCH3 is 2. The van der Waals surface area contributed by atoms with Gasteiger partial charge in [0.15, 0.2) is 0 Å². The van der Waals surface area contributed by atoms with Crippen molar-refractivity contribution >= 4 is 17.5 Å².